The molecule has 5 heteroatoms. The van der Waals surface area contributed by atoms with Crippen LogP contribution in [0.15, 0.2) is 0 Å². The number of rotatable bonds is 3. The van der Waals surface area contributed by atoms with Crippen molar-refractivity contribution in [1.29, 1.82) is 0 Å². The molecule has 0 aliphatic carbocycles. The van der Waals surface area contributed by atoms with E-state index in [2.05, 4.69) is 12.5 Å². The van der Waals surface area contributed by atoms with E-state index < -0.39 is 11.7 Å². The Hall–Kier alpha value is 0.960. The van der Waals surface area contributed by atoms with E-state index in [1.807, 2.05) is 0 Å². The lowest BCUT2D eigenvalue weighted by Gasteiger charge is -1.88. The lowest BCUT2D eigenvalue weighted by atomic mass is 11.8. The van der Waals surface area contributed by atoms with E-state index in [1.54, 1.807) is 0 Å². The van der Waals surface area contributed by atoms with E-state index in [9.17, 15) is 0 Å². The molecule has 0 fully saturated rings. The zero-order chi connectivity index (χ0) is 5.70. The van der Waals surface area contributed by atoms with Crippen molar-refractivity contribution in [1.82, 2.24) is 0 Å². The van der Waals surface area contributed by atoms with Gasteiger partial charge in [0.2, 0.25) is 0 Å². The second-order valence-electron chi connectivity index (χ2n) is 0.704. The molecule has 0 aromatic carbocycles. The van der Waals surface area contributed by atoms with Crippen molar-refractivity contribution in [3.8, 4) is 0 Å². The summed E-state index contributed by atoms with van der Waals surface area (Å²) in [4.78, 5) is 0. The Balaban J connectivity index is 0. The summed E-state index contributed by atoms with van der Waals surface area (Å²) in [6.07, 6.45) is 0. The normalized spacial score (nSPS) is 9.00. The summed E-state index contributed by atoms with van der Waals surface area (Å²) in [7, 11) is 4.57. The van der Waals surface area contributed by atoms with E-state index in [4.69, 9.17) is 0 Å². The summed E-state index contributed by atoms with van der Waals surface area (Å²) < 4.78 is 13.9. The number of halogens is 1. The van der Waals surface area contributed by atoms with Gasteiger partial charge in [0.1, 0.15) is 0 Å². The molecular formula is C3H9IO3S. The molecule has 0 aromatic heterocycles. The average Bonchev–Trinajstić information content (AvgIpc) is 1.72. The Bertz CT molecular complexity index is 36.0. The molecule has 0 bridgehead atoms. The summed E-state index contributed by atoms with van der Waals surface area (Å²) >= 11 is -0.745. The van der Waals surface area contributed by atoms with E-state index in [1.165, 1.54) is 21.3 Å². The van der Waals surface area contributed by atoms with Gasteiger partial charge < -0.3 is 24.0 Å². The first-order chi connectivity index (χ1) is 3.35. The van der Waals surface area contributed by atoms with Crippen LogP contribution < -0.4 is 24.0 Å². The molecule has 0 aromatic rings. The van der Waals surface area contributed by atoms with Crippen molar-refractivity contribution in [2.24, 2.45) is 0 Å². The highest BCUT2D eigenvalue weighted by Gasteiger charge is 2.17. The molecule has 0 saturated heterocycles. The molecule has 0 aliphatic rings. The van der Waals surface area contributed by atoms with Gasteiger partial charge in [0.15, 0.2) is 0 Å². The van der Waals surface area contributed by atoms with Gasteiger partial charge in [-0.1, -0.05) is 0 Å². The topological polar surface area (TPSA) is 27.7 Å². The Labute approximate surface area is 69.7 Å². The molecule has 0 radical (unpaired) electrons. The van der Waals surface area contributed by atoms with Crippen molar-refractivity contribution in [3.63, 3.8) is 0 Å². The van der Waals surface area contributed by atoms with E-state index >= 15 is 0 Å². The third-order valence-electron chi connectivity index (χ3n) is 0.408. The highest BCUT2D eigenvalue weighted by Crippen LogP contribution is 1.94. The summed E-state index contributed by atoms with van der Waals surface area (Å²) in [5.74, 6) is 0. The Morgan fingerprint density at radius 3 is 1.12 bits per heavy atom. The monoisotopic (exact) mass is 252 g/mol. The van der Waals surface area contributed by atoms with Gasteiger partial charge in [0.05, 0.1) is 21.3 Å². The van der Waals surface area contributed by atoms with Crippen LogP contribution in [0.1, 0.15) is 0 Å². The fraction of sp³-hybridized carbons (Fsp3) is 1.00. The molecule has 52 valence electrons. The second kappa shape index (κ2) is 7.96. The van der Waals surface area contributed by atoms with Crippen LogP contribution in [0.2, 0.25) is 0 Å². The fourth-order valence-corrected chi connectivity index (χ4v) is 0.612. The highest BCUT2D eigenvalue weighted by molar-refractivity contribution is 7.82. The lowest BCUT2D eigenvalue weighted by molar-refractivity contribution is -0.00000361. The van der Waals surface area contributed by atoms with Crippen molar-refractivity contribution >= 4 is 11.7 Å². The third kappa shape index (κ3) is 5.10. The predicted molar refractivity (Wildman–Crippen MR) is 28.4 cm³/mol. The van der Waals surface area contributed by atoms with Gasteiger partial charge in [-0.15, -0.1) is 12.5 Å². The third-order valence-corrected chi connectivity index (χ3v) is 1.22. The summed E-state index contributed by atoms with van der Waals surface area (Å²) in [6, 6.07) is 0. The Kier molecular flexibility index (Phi) is 11.7. The molecular weight excluding hydrogens is 243 g/mol. The summed E-state index contributed by atoms with van der Waals surface area (Å²) in [5.41, 5.74) is 0. The van der Waals surface area contributed by atoms with Crippen molar-refractivity contribution in [2.75, 3.05) is 21.3 Å². The molecule has 0 atom stereocenters. The molecule has 3 nitrogen and oxygen atoms in total. The second-order valence-corrected chi connectivity index (χ2v) is 2.11. The van der Waals surface area contributed by atoms with Gasteiger partial charge in [0, 0.05) is 0 Å². The molecule has 0 N–H and O–H groups in total. The summed E-state index contributed by atoms with van der Waals surface area (Å²) in [6.45, 7) is 0. The van der Waals surface area contributed by atoms with Gasteiger partial charge >= 0.3 is 11.7 Å². The fourth-order valence-electron chi connectivity index (χ4n) is 0.204. The SMILES string of the molecule is CO[S+](OC)OC.[I-]. The van der Waals surface area contributed by atoms with Gasteiger partial charge in [0.25, 0.3) is 0 Å². The maximum absolute atomic E-state index is 4.63. The number of hydrogen-bond acceptors (Lipinski definition) is 3. The van der Waals surface area contributed by atoms with Crippen LogP contribution in [0.4, 0.5) is 0 Å². The van der Waals surface area contributed by atoms with Crippen molar-refractivity contribution < 1.29 is 36.5 Å². The first kappa shape index (κ1) is 11.7. The van der Waals surface area contributed by atoms with Gasteiger partial charge in [-0.25, -0.2) is 0 Å². The molecule has 0 unspecified atom stereocenters. The Morgan fingerprint density at radius 1 is 0.875 bits per heavy atom. The lowest BCUT2D eigenvalue weighted by Crippen LogP contribution is -3.00. The molecule has 0 amide bonds. The molecule has 0 spiro atoms. The van der Waals surface area contributed by atoms with Crippen LogP contribution in [0.25, 0.3) is 0 Å². The molecule has 0 saturated carbocycles. The minimum absolute atomic E-state index is 0. The molecule has 0 aliphatic heterocycles. The zero-order valence-electron chi connectivity index (χ0n) is 5.01. The first-order valence-electron chi connectivity index (χ1n) is 1.72. The highest BCUT2D eigenvalue weighted by atomic mass is 127. The largest absolute Gasteiger partial charge is 1.00 e. The van der Waals surface area contributed by atoms with Crippen molar-refractivity contribution in [3.05, 3.63) is 0 Å². The van der Waals surface area contributed by atoms with Gasteiger partial charge in [-0.3, -0.25) is 0 Å². The van der Waals surface area contributed by atoms with Gasteiger partial charge in [-0.05, 0) is 0 Å². The van der Waals surface area contributed by atoms with E-state index in [0.29, 0.717) is 0 Å². The van der Waals surface area contributed by atoms with E-state index in [-0.39, 0.29) is 24.0 Å². The molecule has 0 rings (SSSR count). The molecule has 8 heavy (non-hydrogen) atoms. The minimum atomic E-state index is -0.745. The smallest absolute Gasteiger partial charge is 0.507 e. The maximum Gasteiger partial charge on any atom is 0.507 e. The first-order valence-corrected chi connectivity index (χ1v) is 2.72. The van der Waals surface area contributed by atoms with Gasteiger partial charge in [-0.2, -0.15) is 0 Å². The van der Waals surface area contributed by atoms with Crippen LogP contribution in [-0.2, 0) is 24.3 Å². The van der Waals surface area contributed by atoms with Crippen LogP contribution in [0.3, 0.4) is 0 Å². The van der Waals surface area contributed by atoms with Crippen LogP contribution in [0.5, 0.6) is 0 Å². The van der Waals surface area contributed by atoms with Crippen LogP contribution >= 0.6 is 0 Å². The Morgan fingerprint density at radius 2 is 1.12 bits per heavy atom. The quantitative estimate of drug-likeness (QED) is 0.404. The van der Waals surface area contributed by atoms with Crippen LogP contribution in [0, 0.1) is 0 Å². The number of hydrogen-bond donors (Lipinski definition) is 0. The van der Waals surface area contributed by atoms with Crippen molar-refractivity contribution in [2.45, 2.75) is 0 Å². The minimum Gasteiger partial charge on any atom is -1.00 e. The zero-order valence-corrected chi connectivity index (χ0v) is 7.98. The van der Waals surface area contributed by atoms with E-state index in [0.717, 1.165) is 0 Å². The standard InChI is InChI=1S/C3H9O3S.HI/c1-4-7(5-2)6-3;/h1-3H3;1H/q+1;/p-1. The predicted octanol–water partition coefficient (Wildman–Crippen LogP) is -2.71. The van der Waals surface area contributed by atoms with Crippen LogP contribution in [-0.4, -0.2) is 21.3 Å². The average molecular weight is 252 g/mol. The maximum atomic E-state index is 4.63. The summed E-state index contributed by atoms with van der Waals surface area (Å²) in [5, 5.41) is 0. The molecule has 0 heterocycles.